The lowest BCUT2D eigenvalue weighted by molar-refractivity contribution is -0.0276. The summed E-state index contributed by atoms with van der Waals surface area (Å²) in [5.41, 5.74) is 7.86. The number of rotatable bonds is 4. The summed E-state index contributed by atoms with van der Waals surface area (Å²) >= 11 is 0. The molecular formula is C14H18N4O4. The summed E-state index contributed by atoms with van der Waals surface area (Å²) in [6.45, 7) is -0.112. The zero-order valence-electron chi connectivity index (χ0n) is 11.8. The van der Waals surface area contributed by atoms with Gasteiger partial charge in [-0.15, -0.1) is 5.10 Å². The van der Waals surface area contributed by atoms with Crippen LogP contribution in [-0.2, 0) is 11.3 Å². The van der Waals surface area contributed by atoms with E-state index in [0.717, 1.165) is 5.56 Å². The molecule has 0 bridgehead atoms. The van der Waals surface area contributed by atoms with Crippen LogP contribution in [0.4, 0.5) is 5.69 Å². The van der Waals surface area contributed by atoms with Crippen LogP contribution in [0.3, 0.4) is 0 Å². The molecule has 5 N–H and O–H groups in total. The number of aliphatic hydroxyl groups is 3. The standard InChI is InChI=1S/C14H18N4O4/c15-9-3-1-8(2-4-9)10-5-18(17-16-10)6-11-13(20)14(21)12(7-19)22-11/h1-5,11-14,19-21H,6-7,15H2/t11-,12+,13+,14+/m0/s1. The van der Waals surface area contributed by atoms with Crippen LogP contribution >= 0.6 is 0 Å². The average Bonchev–Trinajstić information content (AvgIpc) is 3.08. The maximum atomic E-state index is 9.91. The van der Waals surface area contributed by atoms with Crippen molar-refractivity contribution < 1.29 is 20.1 Å². The van der Waals surface area contributed by atoms with Crippen molar-refractivity contribution in [1.29, 1.82) is 0 Å². The Balaban J connectivity index is 1.71. The van der Waals surface area contributed by atoms with Crippen LogP contribution in [0.25, 0.3) is 11.3 Å². The van der Waals surface area contributed by atoms with Gasteiger partial charge >= 0.3 is 0 Å². The third kappa shape index (κ3) is 2.81. The number of nitrogen functional groups attached to an aromatic ring is 1. The normalized spacial score (nSPS) is 28.1. The van der Waals surface area contributed by atoms with E-state index in [4.69, 9.17) is 15.6 Å². The molecule has 4 atom stereocenters. The number of aromatic nitrogens is 3. The van der Waals surface area contributed by atoms with Gasteiger partial charge in [0, 0.05) is 11.3 Å². The van der Waals surface area contributed by atoms with Gasteiger partial charge < -0.3 is 25.8 Å². The third-order valence-electron chi connectivity index (χ3n) is 3.75. The summed E-state index contributed by atoms with van der Waals surface area (Å²) in [5.74, 6) is 0. The predicted molar refractivity (Wildman–Crippen MR) is 77.6 cm³/mol. The van der Waals surface area contributed by atoms with Gasteiger partial charge in [-0.25, -0.2) is 4.68 Å². The van der Waals surface area contributed by atoms with E-state index in [2.05, 4.69) is 10.3 Å². The summed E-state index contributed by atoms with van der Waals surface area (Å²) in [7, 11) is 0. The lowest BCUT2D eigenvalue weighted by atomic mass is 10.1. The highest BCUT2D eigenvalue weighted by molar-refractivity contribution is 5.60. The lowest BCUT2D eigenvalue weighted by Gasteiger charge is -2.13. The van der Waals surface area contributed by atoms with Gasteiger partial charge in [-0.05, 0) is 12.1 Å². The Morgan fingerprint density at radius 2 is 1.82 bits per heavy atom. The van der Waals surface area contributed by atoms with Crippen LogP contribution in [-0.4, -0.2) is 61.3 Å². The van der Waals surface area contributed by atoms with E-state index in [-0.39, 0.29) is 13.2 Å². The fourth-order valence-electron chi connectivity index (χ4n) is 2.49. The van der Waals surface area contributed by atoms with E-state index >= 15 is 0 Å². The quantitative estimate of drug-likeness (QED) is 0.534. The molecule has 0 saturated carbocycles. The van der Waals surface area contributed by atoms with E-state index in [1.54, 1.807) is 18.3 Å². The number of nitrogens with zero attached hydrogens (tertiary/aromatic N) is 3. The van der Waals surface area contributed by atoms with Crippen molar-refractivity contribution in [2.75, 3.05) is 12.3 Å². The molecule has 0 spiro atoms. The van der Waals surface area contributed by atoms with Gasteiger partial charge in [0.15, 0.2) is 0 Å². The molecule has 1 aromatic carbocycles. The van der Waals surface area contributed by atoms with Gasteiger partial charge in [-0.2, -0.15) is 0 Å². The Labute approximate surface area is 126 Å². The SMILES string of the molecule is Nc1ccc(-c2cn(C[C@@H]3O[C@H](CO)[C@@H](O)[C@@H]3O)nn2)cc1. The van der Waals surface area contributed by atoms with Crippen molar-refractivity contribution >= 4 is 5.69 Å². The molecule has 0 amide bonds. The van der Waals surface area contributed by atoms with Crippen molar-refractivity contribution in [3.8, 4) is 11.3 Å². The number of ether oxygens (including phenoxy) is 1. The molecule has 2 aromatic rings. The first-order valence-corrected chi connectivity index (χ1v) is 6.97. The number of aliphatic hydroxyl groups excluding tert-OH is 3. The summed E-state index contributed by atoms with van der Waals surface area (Å²) in [6, 6.07) is 7.24. The molecule has 2 heterocycles. The molecule has 0 radical (unpaired) electrons. The maximum absolute atomic E-state index is 9.91. The number of benzene rings is 1. The highest BCUT2D eigenvalue weighted by atomic mass is 16.6. The van der Waals surface area contributed by atoms with Crippen molar-refractivity contribution in [1.82, 2.24) is 15.0 Å². The minimum atomic E-state index is -1.10. The highest BCUT2D eigenvalue weighted by Gasteiger charge is 2.42. The molecule has 3 rings (SSSR count). The number of nitrogens with two attached hydrogens (primary N) is 1. The Bertz CT molecular complexity index is 630. The van der Waals surface area contributed by atoms with E-state index in [1.807, 2.05) is 12.1 Å². The van der Waals surface area contributed by atoms with Gasteiger partial charge in [0.05, 0.1) is 19.3 Å². The van der Waals surface area contributed by atoms with Crippen LogP contribution in [0, 0.1) is 0 Å². The van der Waals surface area contributed by atoms with Crippen molar-refractivity contribution in [2.45, 2.75) is 31.0 Å². The summed E-state index contributed by atoms with van der Waals surface area (Å²) < 4.78 is 6.95. The van der Waals surface area contributed by atoms with Crippen LogP contribution in [0.5, 0.6) is 0 Å². The molecule has 1 aromatic heterocycles. The second-order valence-corrected chi connectivity index (χ2v) is 5.32. The monoisotopic (exact) mass is 306 g/mol. The molecule has 1 saturated heterocycles. The molecule has 1 aliphatic rings. The second kappa shape index (κ2) is 6.01. The number of hydrogen-bond donors (Lipinski definition) is 4. The summed E-state index contributed by atoms with van der Waals surface area (Å²) in [4.78, 5) is 0. The Morgan fingerprint density at radius 3 is 2.45 bits per heavy atom. The van der Waals surface area contributed by atoms with Gasteiger partial charge in [-0.1, -0.05) is 17.3 Å². The average molecular weight is 306 g/mol. The van der Waals surface area contributed by atoms with Crippen molar-refractivity contribution in [2.24, 2.45) is 0 Å². The first kappa shape index (κ1) is 14.9. The Kier molecular flexibility index (Phi) is 4.08. The largest absolute Gasteiger partial charge is 0.399 e. The molecule has 118 valence electrons. The van der Waals surface area contributed by atoms with Gasteiger partial charge in [0.1, 0.15) is 30.1 Å². The molecule has 1 fully saturated rings. The molecule has 22 heavy (non-hydrogen) atoms. The second-order valence-electron chi connectivity index (χ2n) is 5.32. The van der Waals surface area contributed by atoms with E-state index in [1.165, 1.54) is 4.68 Å². The molecule has 8 heteroatoms. The topological polar surface area (TPSA) is 127 Å². The predicted octanol–water partition coefficient (Wildman–Crippen LogP) is -0.991. The van der Waals surface area contributed by atoms with E-state index in [9.17, 15) is 10.2 Å². The Hall–Kier alpha value is -2.00. The minimum absolute atomic E-state index is 0.233. The van der Waals surface area contributed by atoms with Crippen LogP contribution in [0.1, 0.15) is 0 Å². The number of hydrogen-bond acceptors (Lipinski definition) is 7. The van der Waals surface area contributed by atoms with Crippen LogP contribution in [0.15, 0.2) is 30.5 Å². The van der Waals surface area contributed by atoms with E-state index < -0.39 is 24.4 Å². The summed E-state index contributed by atoms with van der Waals surface area (Å²) in [5, 5.41) is 36.8. The third-order valence-corrected chi connectivity index (χ3v) is 3.75. The smallest absolute Gasteiger partial charge is 0.113 e. The molecule has 8 nitrogen and oxygen atoms in total. The Morgan fingerprint density at radius 1 is 1.14 bits per heavy atom. The van der Waals surface area contributed by atoms with Crippen molar-refractivity contribution in [3.05, 3.63) is 30.5 Å². The fraction of sp³-hybridized carbons (Fsp3) is 0.429. The molecular weight excluding hydrogens is 288 g/mol. The fourth-order valence-corrected chi connectivity index (χ4v) is 2.49. The molecule has 0 unspecified atom stereocenters. The zero-order chi connectivity index (χ0) is 15.7. The van der Waals surface area contributed by atoms with E-state index in [0.29, 0.717) is 11.4 Å². The van der Waals surface area contributed by atoms with Crippen molar-refractivity contribution in [3.63, 3.8) is 0 Å². The summed E-state index contributed by atoms with van der Waals surface area (Å²) in [6.07, 6.45) is -1.87. The van der Waals surface area contributed by atoms with Crippen LogP contribution in [0.2, 0.25) is 0 Å². The lowest BCUT2D eigenvalue weighted by Crippen LogP contribution is -2.35. The zero-order valence-corrected chi connectivity index (χ0v) is 11.8. The van der Waals surface area contributed by atoms with Crippen LogP contribution < -0.4 is 5.73 Å². The highest BCUT2D eigenvalue weighted by Crippen LogP contribution is 2.23. The molecule has 0 aliphatic carbocycles. The van der Waals surface area contributed by atoms with Gasteiger partial charge in [0.25, 0.3) is 0 Å². The van der Waals surface area contributed by atoms with Gasteiger partial charge in [0.2, 0.25) is 0 Å². The maximum Gasteiger partial charge on any atom is 0.113 e. The first-order valence-electron chi connectivity index (χ1n) is 6.97. The first-order chi connectivity index (χ1) is 10.6. The minimum Gasteiger partial charge on any atom is -0.399 e. The number of anilines is 1. The molecule has 1 aliphatic heterocycles. The van der Waals surface area contributed by atoms with Gasteiger partial charge in [-0.3, -0.25) is 0 Å².